The molecule has 1 saturated carbocycles. The van der Waals surface area contributed by atoms with E-state index in [1.54, 1.807) is 0 Å². The smallest absolute Gasteiger partial charge is 0.0426 e. The summed E-state index contributed by atoms with van der Waals surface area (Å²) in [5, 5.41) is 1.74. The molecular weight excluding hydrogens is 298 g/mol. The van der Waals surface area contributed by atoms with Crippen molar-refractivity contribution in [2.24, 2.45) is 0 Å². The minimum absolute atomic E-state index is 0.748. The number of anilines is 1. The predicted molar refractivity (Wildman–Crippen MR) is 79.4 cm³/mol. The summed E-state index contributed by atoms with van der Waals surface area (Å²) in [6.07, 6.45) is 5.16. The van der Waals surface area contributed by atoms with Crippen molar-refractivity contribution < 1.29 is 0 Å². The number of benzene rings is 1. The van der Waals surface area contributed by atoms with Gasteiger partial charge in [-0.15, -0.1) is 0 Å². The molecule has 0 spiro atoms. The number of alkyl halides is 1. The van der Waals surface area contributed by atoms with Crippen LogP contribution in [0.5, 0.6) is 0 Å². The van der Waals surface area contributed by atoms with Crippen LogP contribution in [0.1, 0.15) is 38.2 Å². The summed E-state index contributed by atoms with van der Waals surface area (Å²) in [6.45, 7) is 3.40. The number of hydrogen-bond donors (Lipinski definition) is 0. The Morgan fingerprint density at radius 3 is 2.76 bits per heavy atom. The molecule has 1 aromatic rings. The third-order valence-electron chi connectivity index (χ3n) is 3.24. The van der Waals surface area contributed by atoms with Crippen LogP contribution in [0, 0.1) is 0 Å². The maximum atomic E-state index is 6.14. The molecule has 0 N–H and O–H groups in total. The van der Waals surface area contributed by atoms with Gasteiger partial charge in [-0.3, -0.25) is 0 Å². The molecule has 0 saturated heterocycles. The van der Waals surface area contributed by atoms with Crippen LogP contribution in [-0.2, 0) is 5.33 Å². The first-order valence-electron chi connectivity index (χ1n) is 6.37. The van der Waals surface area contributed by atoms with Gasteiger partial charge in [0, 0.05) is 28.6 Å². The highest BCUT2D eigenvalue weighted by molar-refractivity contribution is 9.08. The molecule has 17 heavy (non-hydrogen) atoms. The lowest BCUT2D eigenvalue weighted by Crippen LogP contribution is -2.27. The third-order valence-corrected chi connectivity index (χ3v) is 4.08. The van der Waals surface area contributed by atoms with Crippen molar-refractivity contribution >= 4 is 33.2 Å². The van der Waals surface area contributed by atoms with E-state index in [1.165, 1.54) is 36.9 Å². The van der Waals surface area contributed by atoms with Crippen molar-refractivity contribution in [2.75, 3.05) is 11.4 Å². The highest BCUT2D eigenvalue weighted by atomic mass is 79.9. The minimum atomic E-state index is 0.748. The molecule has 3 heteroatoms. The van der Waals surface area contributed by atoms with Gasteiger partial charge in [0.15, 0.2) is 0 Å². The Kier molecular flexibility index (Phi) is 4.75. The lowest BCUT2D eigenvalue weighted by atomic mass is 10.1. The standard InChI is InChI=1S/C14H19BrClN/c1-2-3-8-17(13-6-7-13)14-9-12(16)5-4-11(14)10-15/h4-5,9,13H,2-3,6-8,10H2,1H3. The second-order valence-corrected chi connectivity index (χ2v) is 5.68. The van der Waals surface area contributed by atoms with Crippen molar-refractivity contribution in [1.82, 2.24) is 0 Å². The Balaban J connectivity index is 2.23. The molecule has 1 aliphatic rings. The molecule has 0 bridgehead atoms. The molecule has 94 valence electrons. The van der Waals surface area contributed by atoms with Gasteiger partial charge in [-0.05, 0) is 37.0 Å². The summed E-state index contributed by atoms with van der Waals surface area (Å²) < 4.78 is 0. The lowest BCUT2D eigenvalue weighted by molar-refractivity contribution is 0.711. The fraction of sp³-hybridized carbons (Fsp3) is 0.571. The number of unbranched alkanes of at least 4 members (excludes halogenated alkanes) is 1. The molecule has 0 unspecified atom stereocenters. The van der Waals surface area contributed by atoms with Crippen molar-refractivity contribution in [1.29, 1.82) is 0 Å². The fourth-order valence-electron chi connectivity index (χ4n) is 2.13. The van der Waals surface area contributed by atoms with Gasteiger partial charge in [0.1, 0.15) is 0 Å². The Bertz CT molecular complexity index is 376. The normalized spacial score (nSPS) is 15.0. The van der Waals surface area contributed by atoms with Gasteiger partial charge < -0.3 is 4.90 Å². The van der Waals surface area contributed by atoms with Gasteiger partial charge in [0.05, 0.1) is 0 Å². The van der Waals surface area contributed by atoms with E-state index in [4.69, 9.17) is 11.6 Å². The van der Waals surface area contributed by atoms with Crippen molar-refractivity contribution in [3.63, 3.8) is 0 Å². The average Bonchev–Trinajstić information content (AvgIpc) is 3.14. The van der Waals surface area contributed by atoms with Gasteiger partial charge >= 0.3 is 0 Å². The van der Waals surface area contributed by atoms with Crippen molar-refractivity contribution in [2.45, 2.75) is 44.0 Å². The fourth-order valence-corrected chi connectivity index (χ4v) is 2.77. The molecule has 0 heterocycles. The number of hydrogen-bond acceptors (Lipinski definition) is 1. The van der Waals surface area contributed by atoms with Gasteiger partial charge in [0.2, 0.25) is 0 Å². The maximum absolute atomic E-state index is 6.14. The second kappa shape index (κ2) is 6.10. The largest absolute Gasteiger partial charge is 0.368 e. The van der Waals surface area contributed by atoms with E-state index in [2.05, 4.69) is 39.9 Å². The quantitative estimate of drug-likeness (QED) is 0.667. The van der Waals surface area contributed by atoms with Crippen LogP contribution in [0.15, 0.2) is 18.2 Å². The van der Waals surface area contributed by atoms with Crippen LogP contribution in [0.2, 0.25) is 5.02 Å². The first kappa shape index (κ1) is 13.2. The van der Waals surface area contributed by atoms with Crippen LogP contribution in [0.4, 0.5) is 5.69 Å². The lowest BCUT2D eigenvalue weighted by Gasteiger charge is -2.27. The van der Waals surface area contributed by atoms with Crippen molar-refractivity contribution in [3.8, 4) is 0 Å². The molecule has 0 aliphatic heterocycles. The van der Waals surface area contributed by atoms with E-state index in [0.29, 0.717) is 0 Å². The summed E-state index contributed by atoms with van der Waals surface area (Å²) >= 11 is 9.70. The van der Waals surface area contributed by atoms with E-state index in [-0.39, 0.29) is 0 Å². The monoisotopic (exact) mass is 315 g/mol. The zero-order chi connectivity index (χ0) is 12.3. The van der Waals surface area contributed by atoms with Crippen LogP contribution in [-0.4, -0.2) is 12.6 Å². The van der Waals surface area contributed by atoms with E-state index in [0.717, 1.165) is 22.9 Å². The summed E-state index contributed by atoms with van der Waals surface area (Å²) in [5.74, 6) is 0. The van der Waals surface area contributed by atoms with Gasteiger partial charge in [-0.2, -0.15) is 0 Å². The molecule has 0 radical (unpaired) electrons. The highest BCUT2D eigenvalue weighted by Crippen LogP contribution is 2.36. The van der Waals surface area contributed by atoms with Crippen LogP contribution in [0.3, 0.4) is 0 Å². The molecule has 0 aromatic heterocycles. The Labute approximate surface area is 117 Å². The van der Waals surface area contributed by atoms with Crippen molar-refractivity contribution in [3.05, 3.63) is 28.8 Å². The van der Waals surface area contributed by atoms with Crippen LogP contribution in [0.25, 0.3) is 0 Å². The molecular formula is C14H19BrClN. The Morgan fingerprint density at radius 1 is 1.41 bits per heavy atom. The summed E-state index contributed by atoms with van der Waals surface area (Å²) in [7, 11) is 0. The third kappa shape index (κ3) is 3.38. The molecule has 1 aliphatic carbocycles. The second-order valence-electron chi connectivity index (χ2n) is 4.68. The Hall–Kier alpha value is -0.210. The van der Waals surface area contributed by atoms with E-state index in [1.807, 2.05) is 6.07 Å². The summed E-state index contributed by atoms with van der Waals surface area (Å²) in [4.78, 5) is 2.55. The SMILES string of the molecule is CCCCN(c1cc(Cl)ccc1CBr)C1CC1. The van der Waals surface area contributed by atoms with Gasteiger partial charge in [-0.25, -0.2) is 0 Å². The van der Waals surface area contributed by atoms with E-state index >= 15 is 0 Å². The predicted octanol–water partition coefficient (Wildman–Crippen LogP) is 5.00. The van der Waals surface area contributed by atoms with Gasteiger partial charge in [0.25, 0.3) is 0 Å². The summed E-state index contributed by atoms with van der Waals surface area (Å²) in [5.41, 5.74) is 2.67. The zero-order valence-corrected chi connectivity index (χ0v) is 12.6. The molecule has 1 fully saturated rings. The molecule has 1 aromatic carbocycles. The van der Waals surface area contributed by atoms with E-state index < -0.39 is 0 Å². The van der Waals surface area contributed by atoms with Gasteiger partial charge in [-0.1, -0.05) is 46.9 Å². The maximum Gasteiger partial charge on any atom is 0.0426 e. The minimum Gasteiger partial charge on any atom is -0.368 e. The first-order valence-corrected chi connectivity index (χ1v) is 7.87. The molecule has 2 rings (SSSR count). The Morgan fingerprint density at radius 2 is 2.18 bits per heavy atom. The molecule has 0 atom stereocenters. The topological polar surface area (TPSA) is 3.24 Å². The van der Waals surface area contributed by atoms with Crippen LogP contribution >= 0.6 is 27.5 Å². The number of nitrogens with zero attached hydrogens (tertiary/aromatic N) is 1. The number of halogens is 2. The summed E-state index contributed by atoms with van der Waals surface area (Å²) in [6, 6.07) is 6.98. The zero-order valence-electron chi connectivity index (χ0n) is 10.3. The average molecular weight is 317 g/mol. The number of rotatable bonds is 6. The molecule has 0 amide bonds. The van der Waals surface area contributed by atoms with Crippen LogP contribution < -0.4 is 4.90 Å². The van der Waals surface area contributed by atoms with E-state index in [9.17, 15) is 0 Å². The highest BCUT2D eigenvalue weighted by Gasteiger charge is 2.29. The molecule has 1 nitrogen and oxygen atoms in total. The first-order chi connectivity index (χ1) is 8.26.